The van der Waals surface area contributed by atoms with Gasteiger partial charge in [-0.1, -0.05) is 17.7 Å². The van der Waals surface area contributed by atoms with Gasteiger partial charge in [-0.25, -0.2) is 10.2 Å². The third-order valence-corrected chi connectivity index (χ3v) is 5.71. The maximum Gasteiger partial charge on any atom is 0.337 e. The molecule has 4 rings (SSSR count). The van der Waals surface area contributed by atoms with Crippen LogP contribution in [0, 0.1) is 6.92 Å². The second-order valence-corrected chi connectivity index (χ2v) is 8.18. The molecule has 2 N–H and O–H groups in total. The molecule has 0 fully saturated rings. The predicted molar refractivity (Wildman–Crippen MR) is 128 cm³/mol. The number of carbonyl (C=O) groups excluding carboxylic acids is 3. The molecule has 0 spiro atoms. The van der Waals surface area contributed by atoms with Crippen molar-refractivity contribution < 1.29 is 23.5 Å². The van der Waals surface area contributed by atoms with E-state index in [0.717, 1.165) is 12.0 Å². The molecule has 8 nitrogen and oxygen atoms in total. The van der Waals surface area contributed by atoms with Gasteiger partial charge in [-0.05, 0) is 62.2 Å². The van der Waals surface area contributed by atoms with Gasteiger partial charge < -0.3 is 14.5 Å². The van der Waals surface area contributed by atoms with Gasteiger partial charge in [0.15, 0.2) is 5.76 Å². The number of hydrogen-bond donors (Lipinski definition) is 2. The van der Waals surface area contributed by atoms with Crippen LogP contribution < -0.4 is 10.7 Å². The fraction of sp³-hybridized carbons (Fsp3) is 0.200. The number of esters is 1. The number of rotatable bonds is 5. The number of fused-ring (bicyclic) bond motifs is 1. The van der Waals surface area contributed by atoms with E-state index in [0.29, 0.717) is 51.7 Å². The minimum atomic E-state index is -0.457. The second-order valence-electron chi connectivity index (χ2n) is 7.74. The minimum Gasteiger partial charge on any atom is -0.465 e. The molecule has 0 saturated carbocycles. The van der Waals surface area contributed by atoms with Gasteiger partial charge in [0.05, 0.1) is 18.4 Å². The van der Waals surface area contributed by atoms with Crippen LogP contribution in [0.2, 0.25) is 5.02 Å². The molecule has 0 aliphatic heterocycles. The zero-order valence-corrected chi connectivity index (χ0v) is 19.4. The Morgan fingerprint density at radius 2 is 1.79 bits per heavy atom. The van der Waals surface area contributed by atoms with Crippen LogP contribution in [0.25, 0.3) is 0 Å². The Balaban J connectivity index is 1.53. The Labute approximate surface area is 200 Å². The summed E-state index contributed by atoms with van der Waals surface area (Å²) in [6.45, 7) is 1.79. The van der Waals surface area contributed by atoms with Crippen molar-refractivity contribution >= 4 is 40.8 Å². The molecule has 0 bridgehead atoms. The Morgan fingerprint density at radius 3 is 2.50 bits per heavy atom. The summed E-state index contributed by atoms with van der Waals surface area (Å²) in [4.78, 5) is 36.9. The van der Waals surface area contributed by atoms with E-state index in [9.17, 15) is 14.4 Å². The second kappa shape index (κ2) is 9.93. The molecule has 1 aromatic heterocycles. The molecule has 0 atom stereocenters. The van der Waals surface area contributed by atoms with Gasteiger partial charge in [-0.15, -0.1) is 0 Å². The predicted octanol–water partition coefficient (Wildman–Crippen LogP) is 4.75. The number of amides is 2. The molecule has 0 radical (unpaired) electrons. The Morgan fingerprint density at radius 1 is 1.03 bits per heavy atom. The summed E-state index contributed by atoms with van der Waals surface area (Å²) >= 11 is 5.96. The minimum absolute atomic E-state index is 0.179. The molecule has 2 amide bonds. The van der Waals surface area contributed by atoms with E-state index in [1.54, 1.807) is 55.5 Å². The van der Waals surface area contributed by atoms with E-state index in [1.165, 1.54) is 7.11 Å². The highest BCUT2D eigenvalue weighted by Crippen LogP contribution is 2.30. The van der Waals surface area contributed by atoms with Gasteiger partial charge in [0.1, 0.15) is 5.76 Å². The lowest BCUT2D eigenvalue weighted by Gasteiger charge is -2.13. The first-order valence-electron chi connectivity index (χ1n) is 10.6. The number of methoxy groups -OCH3 is 1. The van der Waals surface area contributed by atoms with Crippen molar-refractivity contribution in [3.8, 4) is 0 Å². The molecule has 1 heterocycles. The van der Waals surface area contributed by atoms with Crippen molar-refractivity contribution in [1.82, 2.24) is 5.43 Å². The van der Waals surface area contributed by atoms with E-state index in [4.69, 9.17) is 16.0 Å². The molecule has 34 heavy (non-hydrogen) atoms. The largest absolute Gasteiger partial charge is 0.465 e. The topological polar surface area (TPSA) is 110 Å². The molecule has 1 aliphatic carbocycles. The lowest BCUT2D eigenvalue weighted by molar-refractivity contribution is 0.0600. The normalized spacial score (nSPS) is 13.8. The third kappa shape index (κ3) is 4.87. The van der Waals surface area contributed by atoms with Crippen LogP contribution in [0.4, 0.5) is 5.69 Å². The van der Waals surface area contributed by atoms with Gasteiger partial charge in [-0.2, -0.15) is 5.10 Å². The molecule has 174 valence electrons. The summed E-state index contributed by atoms with van der Waals surface area (Å²) in [5, 5.41) is 7.56. The summed E-state index contributed by atoms with van der Waals surface area (Å²) in [6.07, 6.45) is 2.08. The standard InChI is InChI=1S/C25H22ClN3O5/c1-14-21-19(28-29-23(30)16-5-3-6-17(26)13-16)7-4-8-20(21)34-22(14)24(31)27-18-11-9-15(10-12-18)25(32)33-2/h3,5-6,9-13H,4,7-8H2,1-2H3,(H,27,31)(H,29,30)/b28-19+. The number of furan rings is 1. The summed E-state index contributed by atoms with van der Waals surface area (Å²) in [5.41, 5.74) is 5.90. The summed E-state index contributed by atoms with van der Waals surface area (Å²) in [7, 11) is 1.31. The van der Waals surface area contributed by atoms with Crippen LogP contribution in [-0.2, 0) is 11.2 Å². The van der Waals surface area contributed by atoms with E-state index in [1.807, 2.05) is 0 Å². The number of anilines is 1. The zero-order chi connectivity index (χ0) is 24.2. The number of hydrazone groups is 1. The first-order valence-corrected chi connectivity index (χ1v) is 11.0. The number of halogens is 1. The number of aryl methyl sites for hydroxylation is 1. The summed E-state index contributed by atoms with van der Waals surface area (Å²) < 4.78 is 10.6. The van der Waals surface area contributed by atoms with Gasteiger partial charge in [0, 0.05) is 33.8 Å². The average molecular weight is 480 g/mol. The van der Waals surface area contributed by atoms with E-state index in [-0.39, 0.29) is 11.7 Å². The quantitative estimate of drug-likeness (QED) is 0.405. The number of hydrogen-bond acceptors (Lipinski definition) is 6. The van der Waals surface area contributed by atoms with Crippen molar-refractivity contribution in [3.63, 3.8) is 0 Å². The summed E-state index contributed by atoms with van der Waals surface area (Å²) in [5.74, 6) is -0.415. The molecule has 0 unspecified atom stereocenters. The maximum atomic E-state index is 12.9. The van der Waals surface area contributed by atoms with Gasteiger partial charge in [0.2, 0.25) is 0 Å². The number of ether oxygens (including phenoxy) is 1. The van der Waals surface area contributed by atoms with Crippen molar-refractivity contribution in [2.75, 3.05) is 12.4 Å². The van der Waals surface area contributed by atoms with Crippen LogP contribution in [-0.4, -0.2) is 30.6 Å². The molecular formula is C25H22ClN3O5. The number of nitrogens with zero attached hydrogens (tertiary/aromatic N) is 1. The Kier molecular flexibility index (Phi) is 6.79. The van der Waals surface area contributed by atoms with Crippen LogP contribution in [0.5, 0.6) is 0 Å². The maximum absolute atomic E-state index is 12.9. The molecule has 3 aromatic rings. The van der Waals surface area contributed by atoms with Gasteiger partial charge in [0.25, 0.3) is 11.8 Å². The number of carbonyl (C=O) groups is 3. The van der Waals surface area contributed by atoms with Crippen molar-refractivity contribution in [1.29, 1.82) is 0 Å². The Bertz CT molecular complexity index is 1290. The van der Waals surface area contributed by atoms with Crippen molar-refractivity contribution in [2.45, 2.75) is 26.2 Å². The van der Waals surface area contributed by atoms with E-state index in [2.05, 4.69) is 20.6 Å². The smallest absolute Gasteiger partial charge is 0.337 e. The lowest BCUT2D eigenvalue weighted by atomic mass is 9.93. The first-order chi connectivity index (χ1) is 16.4. The van der Waals surface area contributed by atoms with Gasteiger partial charge >= 0.3 is 5.97 Å². The SMILES string of the molecule is COC(=O)c1ccc(NC(=O)c2oc3c(c2C)/C(=N/NC(=O)c2cccc(Cl)c2)CCC3)cc1. The van der Waals surface area contributed by atoms with Crippen LogP contribution >= 0.6 is 11.6 Å². The van der Waals surface area contributed by atoms with Crippen molar-refractivity contribution in [2.24, 2.45) is 5.10 Å². The number of benzene rings is 2. The summed E-state index contributed by atoms with van der Waals surface area (Å²) in [6, 6.07) is 12.9. The zero-order valence-electron chi connectivity index (χ0n) is 18.6. The molecular weight excluding hydrogens is 458 g/mol. The number of nitrogens with one attached hydrogen (secondary N) is 2. The van der Waals surface area contributed by atoms with Gasteiger partial charge in [-0.3, -0.25) is 9.59 Å². The monoisotopic (exact) mass is 479 g/mol. The third-order valence-electron chi connectivity index (χ3n) is 5.47. The van der Waals surface area contributed by atoms with E-state index >= 15 is 0 Å². The lowest BCUT2D eigenvalue weighted by Crippen LogP contribution is -2.22. The van der Waals surface area contributed by atoms with Crippen LogP contribution in [0.15, 0.2) is 58.0 Å². The van der Waals surface area contributed by atoms with E-state index < -0.39 is 11.9 Å². The average Bonchev–Trinajstić information content (AvgIpc) is 3.19. The highest BCUT2D eigenvalue weighted by Gasteiger charge is 2.28. The van der Waals surface area contributed by atoms with Crippen LogP contribution in [0.3, 0.4) is 0 Å². The highest BCUT2D eigenvalue weighted by atomic mass is 35.5. The highest BCUT2D eigenvalue weighted by molar-refractivity contribution is 6.31. The fourth-order valence-corrected chi connectivity index (χ4v) is 3.99. The van der Waals surface area contributed by atoms with Crippen LogP contribution in [0.1, 0.15) is 61.0 Å². The molecule has 0 saturated heterocycles. The molecule has 9 heteroatoms. The Hall–Kier alpha value is -3.91. The molecule has 1 aliphatic rings. The fourth-order valence-electron chi connectivity index (χ4n) is 3.80. The van der Waals surface area contributed by atoms with Crippen molar-refractivity contribution in [3.05, 3.63) is 87.3 Å². The molecule has 2 aromatic carbocycles. The first kappa shape index (κ1) is 23.3.